The molecular weight excluding hydrogens is 376 g/mol. The first-order valence-corrected chi connectivity index (χ1v) is 9.81. The first-order valence-electron chi connectivity index (χ1n) is 9.44. The van der Waals surface area contributed by atoms with E-state index in [1.54, 1.807) is 29.2 Å². The number of rotatable bonds is 5. The molecule has 1 heterocycles. The van der Waals surface area contributed by atoms with E-state index in [0.29, 0.717) is 10.6 Å². The molecule has 2 unspecified atom stereocenters. The zero-order valence-corrected chi connectivity index (χ0v) is 17.0. The van der Waals surface area contributed by atoms with Gasteiger partial charge in [0.1, 0.15) is 0 Å². The smallest absolute Gasteiger partial charge is 0.258 e. The average Bonchev–Trinajstić information content (AvgIpc) is 2.92. The molecule has 5 nitrogen and oxygen atoms in total. The van der Waals surface area contributed by atoms with Crippen LogP contribution in [0.25, 0.3) is 0 Å². The van der Waals surface area contributed by atoms with Gasteiger partial charge in [0, 0.05) is 40.7 Å². The van der Waals surface area contributed by atoms with Crippen LogP contribution in [0.15, 0.2) is 42.5 Å². The lowest BCUT2D eigenvalue weighted by Crippen LogP contribution is -2.39. The number of hydrogen-bond donors (Lipinski definition) is 2. The quantitative estimate of drug-likeness (QED) is 0.800. The summed E-state index contributed by atoms with van der Waals surface area (Å²) in [7, 11) is 0. The number of benzene rings is 2. The third-order valence-electron chi connectivity index (χ3n) is 5.09. The van der Waals surface area contributed by atoms with Gasteiger partial charge in [-0.25, -0.2) is 0 Å². The van der Waals surface area contributed by atoms with Crippen LogP contribution in [0.2, 0.25) is 5.02 Å². The van der Waals surface area contributed by atoms with E-state index in [4.69, 9.17) is 11.6 Å². The van der Waals surface area contributed by atoms with Gasteiger partial charge in [0.15, 0.2) is 0 Å². The standard InChI is InChI=1S/C22H25ClN2O3/c1-13(2)24-21(27)11-18-14(3)25(20-9-4-15(12-26)10-19(18)20)22(28)16-5-7-17(23)8-6-16/h4-10,13-14,18,26H,11-12H2,1-3H3,(H,24,27). The molecule has 1 aliphatic heterocycles. The summed E-state index contributed by atoms with van der Waals surface area (Å²) in [4.78, 5) is 27.4. The van der Waals surface area contributed by atoms with Gasteiger partial charge < -0.3 is 15.3 Å². The Kier molecular flexibility index (Phi) is 6.06. The fourth-order valence-corrected chi connectivity index (χ4v) is 3.89. The lowest BCUT2D eigenvalue weighted by molar-refractivity contribution is -0.122. The van der Waals surface area contributed by atoms with Crippen molar-refractivity contribution in [3.8, 4) is 0 Å². The zero-order valence-electron chi connectivity index (χ0n) is 16.3. The van der Waals surface area contributed by atoms with Gasteiger partial charge in [-0.2, -0.15) is 0 Å². The van der Waals surface area contributed by atoms with E-state index in [1.807, 2.05) is 39.0 Å². The fraction of sp³-hybridized carbons (Fsp3) is 0.364. The Morgan fingerprint density at radius 1 is 1.18 bits per heavy atom. The molecule has 0 bridgehead atoms. The van der Waals surface area contributed by atoms with Crippen LogP contribution in [-0.4, -0.2) is 29.0 Å². The van der Waals surface area contributed by atoms with Gasteiger partial charge in [-0.3, -0.25) is 9.59 Å². The fourth-order valence-electron chi connectivity index (χ4n) is 3.76. The minimum atomic E-state index is -0.190. The highest BCUT2D eigenvalue weighted by molar-refractivity contribution is 6.30. The first kappa shape index (κ1) is 20.4. The van der Waals surface area contributed by atoms with Crippen LogP contribution in [0.3, 0.4) is 0 Å². The second-order valence-electron chi connectivity index (χ2n) is 7.51. The van der Waals surface area contributed by atoms with Gasteiger partial charge in [0.25, 0.3) is 5.91 Å². The number of fused-ring (bicyclic) bond motifs is 1. The van der Waals surface area contributed by atoms with Crippen LogP contribution in [-0.2, 0) is 11.4 Å². The Morgan fingerprint density at radius 3 is 2.46 bits per heavy atom. The van der Waals surface area contributed by atoms with Gasteiger partial charge in [0.05, 0.1) is 6.61 Å². The van der Waals surface area contributed by atoms with Gasteiger partial charge in [-0.1, -0.05) is 23.7 Å². The minimum absolute atomic E-state index is 0.0482. The normalized spacial score (nSPS) is 18.3. The SMILES string of the molecule is CC(C)NC(=O)CC1c2cc(CO)ccc2N(C(=O)c2ccc(Cl)cc2)C1C. The predicted molar refractivity (Wildman–Crippen MR) is 111 cm³/mol. The Bertz CT molecular complexity index is 880. The maximum atomic E-state index is 13.2. The summed E-state index contributed by atoms with van der Waals surface area (Å²) in [5, 5.41) is 13.0. The third kappa shape index (κ3) is 4.05. The second-order valence-corrected chi connectivity index (χ2v) is 7.94. The molecule has 0 saturated heterocycles. The third-order valence-corrected chi connectivity index (χ3v) is 5.34. The molecule has 2 atom stereocenters. The van der Waals surface area contributed by atoms with Gasteiger partial charge in [0.2, 0.25) is 5.91 Å². The van der Waals surface area contributed by atoms with Crippen LogP contribution < -0.4 is 10.2 Å². The van der Waals surface area contributed by atoms with Crippen LogP contribution in [0.5, 0.6) is 0 Å². The lowest BCUT2D eigenvalue weighted by atomic mass is 9.91. The van der Waals surface area contributed by atoms with Crippen LogP contribution >= 0.6 is 11.6 Å². The molecule has 2 amide bonds. The number of halogens is 1. The van der Waals surface area contributed by atoms with Crippen LogP contribution in [0, 0.1) is 0 Å². The predicted octanol–water partition coefficient (Wildman–Crippen LogP) is 3.88. The Balaban J connectivity index is 1.97. The van der Waals surface area contributed by atoms with Crippen LogP contribution in [0.4, 0.5) is 5.69 Å². The maximum Gasteiger partial charge on any atom is 0.258 e. The van der Waals surface area contributed by atoms with Gasteiger partial charge in [-0.15, -0.1) is 0 Å². The van der Waals surface area contributed by atoms with Crippen molar-refractivity contribution in [2.24, 2.45) is 0 Å². The molecule has 0 fully saturated rings. The summed E-state index contributed by atoms with van der Waals surface area (Å²) < 4.78 is 0. The summed E-state index contributed by atoms with van der Waals surface area (Å²) in [6, 6.07) is 12.2. The van der Waals surface area contributed by atoms with E-state index >= 15 is 0 Å². The number of hydrogen-bond acceptors (Lipinski definition) is 3. The highest BCUT2D eigenvalue weighted by atomic mass is 35.5. The highest BCUT2D eigenvalue weighted by Crippen LogP contribution is 2.44. The van der Waals surface area contributed by atoms with E-state index in [9.17, 15) is 14.7 Å². The molecule has 2 aromatic carbocycles. The molecule has 1 aliphatic rings. The van der Waals surface area contributed by atoms with E-state index in [2.05, 4.69) is 5.32 Å². The molecule has 0 saturated carbocycles. The number of nitrogens with one attached hydrogen (secondary N) is 1. The Labute approximate surface area is 170 Å². The number of amides is 2. The van der Waals surface area contributed by atoms with Crippen molar-refractivity contribution in [1.29, 1.82) is 0 Å². The monoisotopic (exact) mass is 400 g/mol. The maximum absolute atomic E-state index is 13.2. The number of carbonyl (C=O) groups is 2. The van der Waals surface area contributed by atoms with Crippen molar-refractivity contribution in [1.82, 2.24) is 5.32 Å². The van der Waals surface area contributed by atoms with Gasteiger partial charge in [-0.05, 0) is 62.2 Å². The molecule has 3 rings (SSSR count). The lowest BCUT2D eigenvalue weighted by Gasteiger charge is -2.26. The molecule has 0 aliphatic carbocycles. The molecule has 0 radical (unpaired) electrons. The summed E-state index contributed by atoms with van der Waals surface area (Å²) >= 11 is 5.95. The Hall–Kier alpha value is -2.37. The number of aliphatic hydroxyl groups excluding tert-OH is 1. The summed E-state index contributed by atoms with van der Waals surface area (Å²) in [5.41, 5.74) is 3.01. The number of nitrogens with zero attached hydrogens (tertiary/aromatic N) is 1. The van der Waals surface area contributed by atoms with Gasteiger partial charge >= 0.3 is 0 Å². The number of anilines is 1. The van der Waals surface area contributed by atoms with Crippen LogP contribution in [0.1, 0.15) is 54.6 Å². The topological polar surface area (TPSA) is 69.6 Å². The average molecular weight is 401 g/mol. The molecule has 6 heteroatoms. The summed E-state index contributed by atoms with van der Waals surface area (Å²) in [6.07, 6.45) is 0.283. The number of carbonyl (C=O) groups excluding carboxylic acids is 2. The van der Waals surface area contributed by atoms with Crippen molar-refractivity contribution in [3.05, 3.63) is 64.2 Å². The highest BCUT2D eigenvalue weighted by Gasteiger charge is 2.40. The van der Waals surface area contributed by atoms with E-state index in [-0.39, 0.29) is 42.8 Å². The molecule has 148 valence electrons. The zero-order chi connectivity index (χ0) is 20.4. The van der Waals surface area contributed by atoms with E-state index < -0.39 is 0 Å². The van der Waals surface area contributed by atoms with E-state index in [0.717, 1.165) is 16.8 Å². The minimum Gasteiger partial charge on any atom is -0.392 e. The second kappa shape index (κ2) is 8.33. The molecular formula is C22H25ClN2O3. The van der Waals surface area contributed by atoms with Crippen molar-refractivity contribution in [2.75, 3.05) is 4.90 Å². The molecule has 0 aromatic heterocycles. The summed E-state index contributed by atoms with van der Waals surface area (Å²) in [5.74, 6) is -0.321. The summed E-state index contributed by atoms with van der Waals surface area (Å²) in [6.45, 7) is 5.71. The molecule has 2 aromatic rings. The largest absolute Gasteiger partial charge is 0.392 e. The van der Waals surface area contributed by atoms with Crippen molar-refractivity contribution in [3.63, 3.8) is 0 Å². The molecule has 0 spiro atoms. The molecule has 2 N–H and O–H groups in total. The number of aliphatic hydroxyl groups is 1. The Morgan fingerprint density at radius 2 is 1.86 bits per heavy atom. The first-order chi connectivity index (χ1) is 13.3. The molecule has 28 heavy (non-hydrogen) atoms. The van der Waals surface area contributed by atoms with Crippen molar-refractivity contribution in [2.45, 2.75) is 51.8 Å². The van der Waals surface area contributed by atoms with Crippen molar-refractivity contribution >= 4 is 29.1 Å². The van der Waals surface area contributed by atoms with Crippen molar-refractivity contribution < 1.29 is 14.7 Å². The van der Waals surface area contributed by atoms with E-state index in [1.165, 1.54) is 0 Å².